The van der Waals surface area contributed by atoms with E-state index < -0.39 is 0 Å². The van der Waals surface area contributed by atoms with Gasteiger partial charge >= 0.3 is 0 Å². The van der Waals surface area contributed by atoms with Gasteiger partial charge in [-0.05, 0) is 37.0 Å². The van der Waals surface area contributed by atoms with Gasteiger partial charge in [0.2, 0.25) is 5.91 Å². The quantitative estimate of drug-likeness (QED) is 0.801. The zero-order valence-electron chi connectivity index (χ0n) is 13.4. The zero-order chi connectivity index (χ0) is 15.4. The van der Waals surface area contributed by atoms with Crippen LogP contribution in [0.1, 0.15) is 37.8 Å². The van der Waals surface area contributed by atoms with Crippen molar-refractivity contribution in [2.24, 2.45) is 0 Å². The lowest BCUT2D eigenvalue weighted by molar-refractivity contribution is -0.119. The molecule has 1 fully saturated rings. The molecule has 0 radical (unpaired) electrons. The second-order valence-electron chi connectivity index (χ2n) is 6.22. The number of amides is 1. The maximum atomic E-state index is 11.8. The molecule has 1 amide bonds. The Morgan fingerprint density at radius 3 is 2.76 bits per heavy atom. The Kier molecular flexibility index (Phi) is 5.17. The fourth-order valence-corrected chi connectivity index (χ4v) is 2.24. The summed E-state index contributed by atoms with van der Waals surface area (Å²) in [5, 5.41) is 6.38. The number of nitrogens with one attached hydrogen (secondary N) is 2. The first kappa shape index (κ1) is 15.8. The highest BCUT2D eigenvalue weighted by molar-refractivity contribution is 5.81. The van der Waals surface area contributed by atoms with Crippen molar-refractivity contribution in [3.05, 3.63) is 23.4 Å². The lowest BCUT2D eigenvalue weighted by atomic mass is 10.2. The molecule has 0 bridgehead atoms. The van der Waals surface area contributed by atoms with Gasteiger partial charge in [-0.15, -0.1) is 0 Å². The first-order valence-corrected chi connectivity index (χ1v) is 7.65. The molecule has 1 aliphatic rings. The average Bonchev–Trinajstić information content (AvgIpc) is 3.19. The molecule has 1 aromatic rings. The average molecular weight is 290 g/mol. The standard InChI is InChI=1S/C16H26N4O/c1-11(2)17-8-13-7-12(3)16(18-9-13)20(4)10-15(21)19-14-5-6-14/h7,9,11,14,17H,5-6,8,10H2,1-4H3,(H,19,21). The van der Waals surface area contributed by atoms with Gasteiger partial charge in [0.15, 0.2) is 0 Å². The lowest BCUT2D eigenvalue weighted by Crippen LogP contribution is -2.36. The van der Waals surface area contributed by atoms with Crippen LogP contribution in [0.5, 0.6) is 0 Å². The second-order valence-corrected chi connectivity index (χ2v) is 6.22. The van der Waals surface area contributed by atoms with E-state index in [0.29, 0.717) is 18.6 Å². The molecule has 1 aromatic heterocycles. The van der Waals surface area contributed by atoms with Gasteiger partial charge in [0.1, 0.15) is 5.82 Å². The van der Waals surface area contributed by atoms with Crippen LogP contribution in [0.25, 0.3) is 0 Å². The Morgan fingerprint density at radius 1 is 1.48 bits per heavy atom. The second kappa shape index (κ2) is 6.89. The number of aromatic nitrogens is 1. The van der Waals surface area contributed by atoms with Crippen molar-refractivity contribution < 1.29 is 4.79 Å². The van der Waals surface area contributed by atoms with E-state index in [1.165, 1.54) is 5.56 Å². The number of carbonyl (C=O) groups is 1. The third kappa shape index (κ3) is 5.01. The van der Waals surface area contributed by atoms with E-state index in [1.54, 1.807) is 0 Å². The van der Waals surface area contributed by atoms with E-state index in [0.717, 1.165) is 30.8 Å². The van der Waals surface area contributed by atoms with Gasteiger partial charge in [-0.25, -0.2) is 4.98 Å². The molecule has 2 rings (SSSR count). The van der Waals surface area contributed by atoms with E-state index >= 15 is 0 Å². The largest absolute Gasteiger partial charge is 0.352 e. The van der Waals surface area contributed by atoms with Crippen LogP contribution < -0.4 is 15.5 Å². The van der Waals surface area contributed by atoms with Gasteiger partial charge in [-0.2, -0.15) is 0 Å². The summed E-state index contributed by atoms with van der Waals surface area (Å²) in [6, 6.07) is 3.00. The highest BCUT2D eigenvalue weighted by Gasteiger charge is 2.23. The van der Waals surface area contributed by atoms with Crippen molar-refractivity contribution in [2.75, 3.05) is 18.5 Å². The predicted molar refractivity (Wildman–Crippen MR) is 85.4 cm³/mol. The SMILES string of the molecule is Cc1cc(CNC(C)C)cnc1N(C)CC(=O)NC1CC1. The van der Waals surface area contributed by atoms with Crippen LogP contribution in [-0.4, -0.2) is 36.6 Å². The van der Waals surface area contributed by atoms with E-state index in [2.05, 4.69) is 35.5 Å². The molecule has 0 aliphatic heterocycles. The minimum Gasteiger partial charge on any atom is -0.352 e. The molecule has 2 N–H and O–H groups in total. The monoisotopic (exact) mass is 290 g/mol. The normalized spacial score (nSPS) is 14.3. The molecule has 5 nitrogen and oxygen atoms in total. The molecule has 1 aliphatic carbocycles. The molecule has 0 atom stereocenters. The van der Waals surface area contributed by atoms with Crippen molar-refractivity contribution in [1.82, 2.24) is 15.6 Å². The van der Waals surface area contributed by atoms with E-state index in [4.69, 9.17) is 0 Å². The summed E-state index contributed by atoms with van der Waals surface area (Å²) in [7, 11) is 1.91. The summed E-state index contributed by atoms with van der Waals surface area (Å²) < 4.78 is 0. The van der Waals surface area contributed by atoms with Crippen molar-refractivity contribution in [1.29, 1.82) is 0 Å². The Balaban J connectivity index is 1.93. The maximum Gasteiger partial charge on any atom is 0.239 e. The summed E-state index contributed by atoms with van der Waals surface area (Å²) in [6.45, 7) is 7.46. The van der Waals surface area contributed by atoms with Crippen LogP contribution >= 0.6 is 0 Å². The number of carbonyl (C=O) groups excluding carboxylic acids is 1. The van der Waals surface area contributed by atoms with Crippen molar-refractivity contribution in [2.45, 2.75) is 52.2 Å². The van der Waals surface area contributed by atoms with Gasteiger partial charge in [0.25, 0.3) is 0 Å². The number of aryl methyl sites for hydroxylation is 1. The number of nitrogens with zero attached hydrogens (tertiary/aromatic N) is 2. The van der Waals surface area contributed by atoms with Gasteiger partial charge in [-0.1, -0.05) is 13.8 Å². The van der Waals surface area contributed by atoms with Crippen LogP contribution in [0, 0.1) is 6.92 Å². The van der Waals surface area contributed by atoms with E-state index in [9.17, 15) is 4.79 Å². The molecule has 0 saturated heterocycles. The Morgan fingerprint density at radius 2 is 2.19 bits per heavy atom. The van der Waals surface area contributed by atoms with E-state index in [1.807, 2.05) is 25.1 Å². The smallest absolute Gasteiger partial charge is 0.239 e. The number of hydrogen-bond donors (Lipinski definition) is 2. The van der Waals surface area contributed by atoms with Crippen LogP contribution in [0.2, 0.25) is 0 Å². The summed E-state index contributed by atoms with van der Waals surface area (Å²) in [6.07, 6.45) is 4.11. The Labute approximate surface area is 127 Å². The highest BCUT2D eigenvalue weighted by atomic mass is 16.2. The summed E-state index contributed by atoms with van der Waals surface area (Å²) in [5.41, 5.74) is 2.26. The lowest BCUT2D eigenvalue weighted by Gasteiger charge is -2.20. The number of hydrogen-bond acceptors (Lipinski definition) is 4. The third-order valence-electron chi connectivity index (χ3n) is 3.51. The van der Waals surface area contributed by atoms with Gasteiger partial charge in [-0.3, -0.25) is 4.79 Å². The molecule has 5 heteroatoms. The number of anilines is 1. The Hall–Kier alpha value is -1.62. The molecular weight excluding hydrogens is 264 g/mol. The van der Waals surface area contributed by atoms with Gasteiger partial charge < -0.3 is 15.5 Å². The fourth-order valence-electron chi connectivity index (χ4n) is 2.24. The molecule has 116 valence electrons. The molecule has 0 aromatic carbocycles. The summed E-state index contributed by atoms with van der Waals surface area (Å²) in [5.74, 6) is 0.945. The van der Waals surface area contributed by atoms with Gasteiger partial charge in [0, 0.05) is 31.9 Å². The first-order valence-electron chi connectivity index (χ1n) is 7.65. The predicted octanol–water partition coefficient (Wildman–Crippen LogP) is 1.60. The van der Waals surface area contributed by atoms with Crippen molar-refractivity contribution >= 4 is 11.7 Å². The van der Waals surface area contributed by atoms with Gasteiger partial charge in [0.05, 0.1) is 6.54 Å². The maximum absolute atomic E-state index is 11.8. The van der Waals surface area contributed by atoms with Crippen LogP contribution in [0.4, 0.5) is 5.82 Å². The van der Waals surface area contributed by atoms with Crippen molar-refractivity contribution in [3.63, 3.8) is 0 Å². The van der Waals surface area contributed by atoms with Crippen LogP contribution in [0.3, 0.4) is 0 Å². The number of rotatable bonds is 7. The van der Waals surface area contributed by atoms with Crippen molar-refractivity contribution in [3.8, 4) is 0 Å². The molecular formula is C16H26N4O. The zero-order valence-corrected chi connectivity index (χ0v) is 13.4. The molecule has 0 spiro atoms. The van der Waals surface area contributed by atoms with Crippen LogP contribution in [-0.2, 0) is 11.3 Å². The summed E-state index contributed by atoms with van der Waals surface area (Å²) >= 11 is 0. The minimum absolute atomic E-state index is 0.0757. The molecule has 1 heterocycles. The minimum atomic E-state index is 0.0757. The topological polar surface area (TPSA) is 57.3 Å². The Bertz CT molecular complexity index is 497. The first-order chi connectivity index (χ1) is 9.95. The molecule has 1 saturated carbocycles. The summed E-state index contributed by atoms with van der Waals surface area (Å²) in [4.78, 5) is 18.3. The fraction of sp³-hybridized carbons (Fsp3) is 0.625. The molecule has 21 heavy (non-hydrogen) atoms. The van der Waals surface area contributed by atoms with Crippen LogP contribution in [0.15, 0.2) is 12.3 Å². The molecule has 0 unspecified atom stereocenters. The number of pyridine rings is 1. The number of likely N-dealkylation sites (N-methyl/N-ethyl adjacent to an activating group) is 1. The third-order valence-corrected chi connectivity index (χ3v) is 3.51. The highest BCUT2D eigenvalue weighted by Crippen LogP contribution is 2.19. The van der Waals surface area contributed by atoms with E-state index in [-0.39, 0.29) is 5.91 Å².